The third-order valence-corrected chi connectivity index (χ3v) is 5.86. The number of alkyl halides is 3. The van der Waals surface area contributed by atoms with E-state index in [4.69, 9.17) is 4.52 Å². The first-order valence-corrected chi connectivity index (χ1v) is 10.8. The number of nitrogens with one attached hydrogen (secondary N) is 2. The van der Waals surface area contributed by atoms with Gasteiger partial charge in [-0.1, -0.05) is 41.1 Å². The van der Waals surface area contributed by atoms with E-state index in [0.717, 1.165) is 5.56 Å². The van der Waals surface area contributed by atoms with Gasteiger partial charge in [0.25, 0.3) is 0 Å². The van der Waals surface area contributed by atoms with Crippen molar-refractivity contribution in [2.45, 2.75) is 51.4 Å². The lowest BCUT2D eigenvalue weighted by Crippen LogP contribution is -2.53. The van der Waals surface area contributed by atoms with E-state index in [-0.39, 0.29) is 18.4 Å². The number of aromatic nitrogens is 2. The molecule has 1 atom stereocenters. The number of nitrogens with zero attached hydrogens (tertiary/aromatic N) is 2. The molecule has 1 aliphatic rings. The molecule has 0 spiro atoms. The van der Waals surface area contributed by atoms with Crippen LogP contribution < -0.4 is 10.6 Å². The number of hydrogen-bond donors (Lipinski definition) is 2. The average molecular weight is 490 g/mol. The van der Waals surface area contributed by atoms with Gasteiger partial charge in [0.2, 0.25) is 17.6 Å². The van der Waals surface area contributed by atoms with E-state index in [2.05, 4.69) is 15.5 Å². The molecule has 2 aromatic carbocycles. The van der Waals surface area contributed by atoms with Crippen LogP contribution in [-0.2, 0) is 9.59 Å². The van der Waals surface area contributed by atoms with Gasteiger partial charge in [-0.15, -0.1) is 0 Å². The summed E-state index contributed by atoms with van der Waals surface area (Å²) in [7, 11) is 0. The van der Waals surface area contributed by atoms with Gasteiger partial charge in [-0.05, 0) is 43.9 Å². The maximum absolute atomic E-state index is 15.1. The topological polar surface area (TPSA) is 97.1 Å². The molecule has 7 nitrogen and oxygen atoms in total. The van der Waals surface area contributed by atoms with Gasteiger partial charge in [0.1, 0.15) is 11.4 Å². The zero-order chi connectivity index (χ0) is 25.5. The van der Waals surface area contributed by atoms with Crippen LogP contribution in [0.25, 0.3) is 22.5 Å². The number of aryl methyl sites for hydroxylation is 2. The summed E-state index contributed by atoms with van der Waals surface area (Å²) in [5.41, 5.74) is 1.32. The number of carbonyl (C=O) groups is 2. The molecule has 0 aliphatic heterocycles. The molecular formula is C24H22F4N4O3. The second-order valence-electron chi connectivity index (χ2n) is 8.65. The Bertz CT molecular complexity index is 1300. The SMILES string of the molecule is Cc1ccc(-c2noc(C)n2)c(-c2ccc([C@@H](C)NC(=O)C3(NC(=O)C(F)(F)F)CC3)c(F)c2)c1. The van der Waals surface area contributed by atoms with Crippen molar-refractivity contribution >= 4 is 11.8 Å². The fraction of sp³-hybridized carbons (Fsp3) is 0.333. The second-order valence-corrected chi connectivity index (χ2v) is 8.65. The molecule has 11 heteroatoms. The normalized spacial score (nSPS) is 15.4. The van der Waals surface area contributed by atoms with Crippen LogP contribution in [0.15, 0.2) is 40.9 Å². The quantitative estimate of drug-likeness (QED) is 0.495. The summed E-state index contributed by atoms with van der Waals surface area (Å²) in [6, 6.07) is 9.17. The number of amides is 2. The Kier molecular flexibility index (Phi) is 6.12. The van der Waals surface area contributed by atoms with Crippen molar-refractivity contribution in [3.05, 3.63) is 59.2 Å². The molecule has 0 unspecified atom stereocenters. The minimum absolute atomic E-state index is 0.0699. The smallest absolute Gasteiger partial charge is 0.347 e. The summed E-state index contributed by atoms with van der Waals surface area (Å²) in [5.74, 6) is -2.84. The van der Waals surface area contributed by atoms with Crippen LogP contribution in [0.5, 0.6) is 0 Å². The summed E-state index contributed by atoms with van der Waals surface area (Å²) in [5, 5.41) is 8.20. The first-order chi connectivity index (χ1) is 16.4. The molecule has 35 heavy (non-hydrogen) atoms. The molecule has 1 heterocycles. The summed E-state index contributed by atoms with van der Waals surface area (Å²) >= 11 is 0. The van der Waals surface area contributed by atoms with E-state index in [1.165, 1.54) is 19.1 Å². The Morgan fingerprint density at radius 3 is 2.37 bits per heavy atom. The van der Waals surface area contributed by atoms with Gasteiger partial charge in [0, 0.05) is 18.1 Å². The highest BCUT2D eigenvalue weighted by atomic mass is 19.4. The van der Waals surface area contributed by atoms with Crippen molar-refractivity contribution in [2.24, 2.45) is 0 Å². The van der Waals surface area contributed by atoms with Crippen molar-refractivity contribution in [3.8, 4) is 22.5 Å². The highest BCUT2D eigenvalue weighted by Gasteiger charge is 2.55. The molecule has 0 radical (unpaired) electrons. The third-order valence-electron chi connectivity index (χ3n) is 5.86. The molecule has 2 N–H and O–H groups in total. The molecule has 0 saturated heterocycles. The van der Waals surface area contributed by atoms with E-state index in [9.17, 15) is 22.8 Å². The Balaban J connectivity index is 1.55. The molecule has 0 bridgehead atoms. The molecule has 2 amide bonds. The second kappa shape index (κ2) is 8.79. The Morgan fingerprint density at radius 1 is 1.09 bits per heavy atom. The van der Waals surface area contributed by atoms with E-state index in [1.807, 2.05) is 25.1 Å². The maximum atomic E-state index is 15.1. The molecule has 1 fully saturated rings. The molecule has 1 saturated carbocycles. The van der Waals surface area contributed by atoms with Crippen LogP contribution in [0.2, 0.25) is 0 Å². The van der Waals surface area contributed by atoms with Crippen molar-refractivity contribution < 1.29 is 31.7 Å². The largest absolute Gasteiger partial charge is 0.471 e. The van der Waals surface area contributed by atoms with Crippen LogP contribution in [-0.4, -0.2) is 33.7 Å². The highest BCUT2D eigenvalue weighted by molar-refractivity contribution is 5.95. The monoisotopic (exact) mass is 490 g/mol. The number of halogens is 4. The fourth-order valence-corrected chi connectivity index (χ4v) is 3.78. The lowest BCUT2D eigenvalue weighted by atomic mass is 9.95. The van der Waals surface area contributed by atoms with Crippen molar-refractivity contribution in [1.82, 2.24) is 20.8 Å². The van der Waals surface area contributed by atoms with Gasteiger partial charge in [-0.2, -0.15) is 18.2 Å². The van der Waals surface area contributed by atoms with Crippen molar-refractivity contribution in [3.63, 3.8) is 0 Å². The van der Waals surface area contributed by atoms with Gasteiger partial charge in [-0.3, -0.25) is 9.59 Å². The number of carbonyl (C=O) groups excluding carboxylic acids is 2. The van der Waals surface area contributed by atoms with Crippen LogP contribution in [0.1, 0.15) is 42.8 Å². The summed E-state index contributed by atoms with van der Waals surface area (Å²) in [6.45, 7) is 5.06. The van der Waals surface area contributed by atoms with Gasteiger partial charge < -0.3 is 15.2 Å². The van der Waals surface area contributed by atoms with Crippen LogP contribution in [0, 0.1) is 19.7 Å². The Morgan fingerprint density at radius 2 is 1.80 bits per heavy atom. The van der Waals surface area contributed by atoms with Crippen LogP contribution in [0.3, 0.4) is 0 Å². The van der Waals surface area contributed by atoms with E-state index < -0.39 is 35.4 Å². The van der Waals surface area contributed by atoms with E-state index in [1.54, 1.807) is 18.3 Å². The zero-order valence-corrected chi connectivity index (χ0v) is 19.1. The Labute approximate surface area is 197 Å². The predicted octanol–water partition coefficient (Wildman–Crippen LogP) is 4.55. The van der Waals surface area contributed by atoms with Gasteiger partial charge in [0.05, 0.1) is 6.04 Å². The zero-order valence-electron chi connectivity index (χ0n) is 19.1. The Hall–Kier alpha value is -3.76. The van der Waals surface area contributed by atoms with Gasteiger partial charge in [-0.25, -0.2) is 4.39 Å². The highest BCUT2D eigenvalue weighted by Crippen LogP contribution is 2.38. The molecular weight excluding hydrogens is 468 g/mol. The van der Waals surface area contributed by atoms with E-state index in [0.29, 0.717) is 28.4 Å². The van der Waals surface area contributed by atoms with Gasteiger partial charge in [0.15, 0.2) is 0 Å². The number of benzene rings is 2. The average Bonchev–Trinajstić information content (AvgIpc) is 3.44. The fourth-order valence-electron chi connectivity index (χ4n) is 3.78. The van der Waals surface area contributed by atoms with Crippen molar-refractivity contribution in [1.29, 1.82) is 0 Å². The molecule has 3 aromatic rings. The summed E-state index contributed by atoms with van der Waals surface area (Å²) in [6.07, 6.45) is -4.96. The molecule has 4 rings (SSSR count). The first kappa shape index (κ1) is 24.4. The lowest BCUT2D eigenvalue weighted by Gasteiger charge is -2.22. The predicted molar refractivity (Wildman–Crippen MR) is 117 cm³/mol. The van der Waals surface area contributed by atoms with Crippen LogP contribution >= 0.6 is 0 Å². The molecule has 1 aliphatic carbocycles. The minimum atomic E-state index is -5.10. The number of rotatable bonds is 6. The lowest BCUT2D eigenvalue weighted by molar-refractivity contribution is -0.175. The number of hydrogen-bond acceptors (Lipinski definition) is 5. The third kappa shape index (κ3) is 5.03. The van der Waals surface area contributed by atoms with Crippen LogP contribution in [0.4, 0.5) is 17.6 Å². The van der Waals surface area contributed by atoms with Crippen molar-refractivity contribution in [2.75, 3.05) is 0 Å². The van der Waals surface area contributed by atoms with Gasteiger partial charge >= 0.3 is 12.1 Å². The standard InChI is InChI=1S/C24H22F4N4O3/c1-12-4-6-17(20-30-14(3)35-32-20)18(10-12)15-5-7-16(19(25)11-15)13(2)29-21(33)23(8-9-23)31-22(34)24(26,27)28/h4-7,10-11,13H,8-9H2,1-3H3,(H,29,33)(H,31,34)/t13-/m1/s1. The summed E-state index contributed by atoms with van der Waals surface area (Å²) < 4.78 is 58.0. The first-order valence-electron chi connectivity index (χ1n) is 10.8. The minimum Gasteiger partial charge on any atom is -0.347 e. The van der Waals surface area contributed by atoms with E-state index >= 15 is 4.39 Å². The maximum Gasteiger partial charge on any atom is 0.471 e. The molecule has 184 valence electrons. The summed E-state index contributed by atoms with van der Waals surface area (Å²) in [4.78, 5) is 28.1. The molecule has 1 aromatic heterocycles.